The second kappa shape index (κ2) is 22.1. The van der Waals surface area contributed by atoms with Gasteiger partial charge in [-0.25, -0.2) is 27.9 Å². The molecule has 16 nitrogen and oxygen atoms in total. The van der Waals surface area contributed by atoms with E-state index in [-0.39, 0.29) is 63.7 Å². The summed E-state index contributed by atoms with van der Waals surface area (Å²) in [7, 11) is 0. The summed E-state index contributed by atoms with van der Waals surface area (Å²) >= 11 is 0. The molecule has 5 aromatic rings. The molecule has 21 heteroatoms. The van der Waals surface area contributed by atoms with E-state index in [2.05, 4.69) is 25.7 Å². The van der Waals surface area contributed by atoms with Crippen LogP contribution >= 0.6 is 0 Å². The van der Waals surface area contributed by atoms with Gasteiger partial charge in [-0.15, -0.1) is 0 Å². The molecule has 0 saturated carbocycles. The molecule has 5 rings (SSSR count). The van der Waals surface area contributed by atoms with Crippen LogP contribution in [0.15, 0.2) is 48.5 Å². The number of pyridine rings is 1. The number of aromatic nitrogens is 3. The molecule has 0 fully saturated rings. The summed E-state index contributed by atoms with van der Waals surface area (Å²) in [6.07, 6.45) is -0.620. The second-order valence-corrected chi connectivity index (χ2v) is 16.8. The van der Waals surface area contributed by atoms with Crippen LogP contribution in [0.1, 0.15) is 85.0 Å². The number of amides is 4. The third-order valence-electron chi connectivity index (χ3n) is 10.5. The lowest BCUT2D eigenvalue weighted by Gasteiger charge is -2.24. The molecule has 0 saturated heterocycles. The molecule has 6 N–H and O–H groups in total. The minimum absolute atomic E-state index is 0.0521. The minimum atomic E-state index is -2.39. The van der Waals surface area contributed by atoms with Gasteiger partial charge >= 0.3 is 12.1 Å². The lowest BCUT2D eigenvalue weighted by atomic mass is 10.0. The van der Waals surface area contributed by atoms with E-state index in [1.165, 1.54) is 11.8 Å². The van der Waals surface area contributed by atoms with Gasteiger partial charge in [-0.1, -0.05) is 50.6 Å². The highest BCUT2D eigenvalue weighted by Gasteiger charge is 2.30. The molecular weight excluding hydrogens is 888 g/mol. The second-order valence-electron chi connectivity index (χ2n) is 16.8. The molecule has 0 bridgehead atoms. The number of aliphatic hydroxyl groups is 1. The summed E-state index contributed by atoms with van der Waals surface area (Å²) in [4.78, 5) is 75.0. The summed E-state index contributed by atoms with van der Waals surface area (Å²) < 4.78 is 79.5. The number of nitrogens with one attached hydrogen (secondary N) is 3. The zero-order valence-electron chi connectivity index (χ0n) is 37.8. The highest BCUT2D eigenvalue weighted by molar-refractivity contribution is 6.06. The predicted octanol–water partition coefficient (Wildman–Crippen LogP) is 6.93. The third kappa shape index (κ3) is 12.9. The van der Waals surface area contributed by atoms with Crippen molar-refractivity contribution < 1.29 is 60.5 Å². The zero-order valence-corrected chi connectivity index (χ0v) is 37.8. The van der Waals surface area contributed by atoms with Crippen LogP contribution in [-0.4, -0.2) is 78.6 Å². The lowest BCUT2D eigenvalue weighted by Crippen LogP contribution is -2.53. The first-order chi connectivity index (χ1) is 31.6. The Labute approximate surface area is 382 Å². The van der Waals surface area contributed by atoms with E-state index < -0.39 is 88.7 Å². The number of carbonyl (C=O) groups is 5. The summed E-state index contributed by atoms with van der Waals surface area (Å²) in [5, 5.41) is 19.5. The number of imidazole rings is 1. The number of para-hydroxylation sites is 1. The van der Waals surface area contributed by atoms with Gasteiger partial charge in [0.2, 0.25) is 52.6 Å². The van der Waals surface area contributed by atoms with Gasteiger partial charge in [0.15, 0.2) is 5.82 Å². The first-order valence-corrected chi connectivity index (χ1v) is 21.5. The highest BCUT2D eigenvalue weighted by atomic mass is 19.2. The Bertz CT molecular complexity index is 2610. The summed E-state index contributed by atoms with van der Waals surface area (Å²) in [6, 6.07) is 11.9. The number of rotatable bonds is 20. The fourth-order valence-electron chi connectivity index (χ4n) is 6.95. The fraction of sp³-hybridized carbons (Fsp3) is 0.413. The number of hydrogen-bond acceptors (Lipinski definition) is 11. The standard InChI is InChI=1S/C46H53F5N8O8/c1-7-58(21-30-56-39-40(59(30)23-46(5,6)65)28-13-11-12-14-29(28)55-42(39)52)45(64)66-22-26-17-19-27(20-18-26)54-43(62)25(4)53-44(63)38(24(2)3)57-31(60)15-9-8-10-16-32(61)67-41-36(50)34(48)33(47)35(49)37(41)51/h11-14,17-20,24-25,38,65H,7-10,15-16,21-23H2,1-6H3,(H2,52,55)(H,53,63)(H,54,62)(H,57,60). The fourth-order valence-corrected chi connectivity index (χ4v) is 6.95. The number of nitrogens with zero attached hydrogens (tertiary/aromatic N) is 4. The van der Waals surface area contributed by atoms with Crippen molar-refractivity contribution in [1.82, 2.24) is 30.1 Å². The molecule has 2 unspecified atom stereocenters. The van der Waals surface area contributed by atoms with Crippen LogP contribution < -0.4 is 26.4 Å². The van der Waals surface area contributed by atoms with E-state index in [1.807, 2.05) is 28.8 Å². The number of hydrogen-bond donors (Lipinski definition) is 5. The van der Waals surface area contributed by atoms with Gasteiger partial charge in [0.25, 0.3) is 0 Å². The molecule has 4 amide bonds. The van der Waals surface area contributed by atoms with Crippen molar-refractivity contribution in [2.24, 2.45) is 5.92 Å². The van der Waals surface area contributed by atoms with Crippen LogP contribution in [0.4, 0.5) is 38.3 Å². The number of nitrogen functional groups attached to an aromatic ring is 1. The Balaban J connectivity index is 1.07. The van der Waals surface area contributed by atoms with E-state index in [0.717, 1.165) is 5.39 Å². The normalized spacial score (nSPS) is 12.5. The molecule has 0 radical (unpaired) electrons. The Morgan fingerprint density at radius 2 is 1.46 bits per heavy atom. The first kappa shape index (κ1) is 51.1. The molecule has 0 spiro atoms. The molecule has 0 aliphatic carbocycles. The molecule has 67 heavy (non-hydrogen) atoms. The topological polar surface area (TPSA) is 220 Å². The van der Waals surface area contributed by atoms with Gasteiger partial charge in [-0.3, -0.25) is 19.2 Å². The van der Waals surface area contributed by atoms with E-state index in [1.54, 1.807) is 58.9 Å². The average molecular weight is 941 g/mol. The number of unbranched alkanes of at least 4 members (excludes halogenated alkanes) is 2. The SMILES string of the molecule is CCN(Cc1nc2c(N)nc3ccccc3c2n1CC(C)(C)O)C(=O)OCc1ccc(NC(=O)C(C)NC(=O)C(NC(=O)CCCCCC(=O)Oc2c(F)c(F)c(F)c(F)c2F)C(C)C)cc1. The Kier molecular flexibility index (Phi) is 16.8. The maximum absolute atomic E-state index is 13.8. The molecule has 2 heterocycles. The van der Waals surface area contributed by atoms with Crippen molar-refractivity contribution >= 4 is 63.2 Å². The monoisotopic (exact) mass is 940 g/mol. The van der Waals surface area contributed by atoms with E-state index in [4.69, 9.17) is 15.5 Å². The minimum Gasteiger partial charge on any atom is -0.445 e. The summed E-state index contributed by atoms with van der Waals surface area (Å²) in [6.45, 7) is 10.4. The number of fused-ring (bicyclic) bond motifs is 3. The zero-order chi connectivity index (χ0) is 49.3. The van der Waals surface area contributed by atoms with Crippen LogP contribution in [-0.2, 0) is 43.6 Å². The van der Waals surface area contributed by atoms with Crippen molar-refractivity contribution in [2.45, 2.75) is 111 Å². The molecular formula is C46H53F5N8O8. The van der Waals surface area contributed by atoms with Crippen molar-refractivity contribution in [1.29, 1.82) is 0 Å². The van der Waals surface area contributed by atoms with Gasteiger partial charge in [-0.2, -0.15) is 8.78 Å². The number of benzene rings is 3. The van der Waals surface area contributed by atoms with Gasteiger partial charge in [0.1, 0.15) is 30.0 Å². The van der Waals surface area contributed by atoms with E-state index in [0.29, 0.717) is 33.6 Å². The molecule has 3 aromatic carbocycles. The van der Waals surface area contributed by atoms with E-state index >= 15 is 0 Å². The molecule has 0 aliphatic heterocycles. The van der Waals surface area contributed by atoms with E-state index in [9.17, 15) is 51.0 Å². The van der Waals surface area contributed by atoms with Gasteiger partial charge in [0, 0.05) is 30.5 Å². The Morgan fingerprint density at radius 1 is 0.836 bits per heavy atom. The summed E-state index contributed by atoms with van der Waals surface area (Å²) in [5.41, 5.74) is 8.01. The third-order valence-corrected chi connectivity index (χ3v) is 10.5. The molecule has 0 aliphatic rings. The largest absolute Gasteiger partial charge is 0.445 e. The van der Waals surface area contributed by atoms with Gasteiger partial charge < -0.3 is 45.7 Å². The first-order valence-electron chi connectivity index (χ1n) is 21.5. The summed E-state index contributed by atoms with van der Waals surface area (Å²) in [5.74, 6) is -15.8. The smallest absolute Gasteiger partial charge is 0.410 e. The average Bonchev–Trinajstić information content (AvgIpc) is 3.63. The van der Waals surface area contributed by atoms with Crippen LogP contribution in [0.25, 0.3) is 21.9 Å². The van der Waals surface area contributed by atoms with Gasteiger partial charge in [-0.05, 0) is 70.2 Å². The number of ether oxygens (including phenoxy) is 2. The maximum atomic E-state index is 13.8. The van der Waals surface area contributed by atoms with Crippen molar-refractivity contribution in [3.63, 3.8) is 0 Å². The molecule has 2 atom stereocenters. The van der Waals surface area contributed by atoms with Crippen LogP contribution in [0.2, 0.25) is 0 Å². The number of esters is 1. The van der Waals surface area contributed by atoms with Crippen LogP contribution in [0.3, 0.4) is 0 Å². The highest BCUT2D eigenvalue weighted by Crippen LogP contribution is 2.32. The molecule has 2 aromatic heterocycles. The number of anilines is 2. The maximum Gasteiger partial charge on any atom is 0.410 e. The van der Waals surface area contributed by atoms with Crippen molar-refractivity contribution in [2.75, 3.05) is 17.6 Å². The van der Waals surface area contributed by atoms with Crippen LogP contribution in [0.5, 0.6) is 5.75 Å². The van der Waals surface area contributed by atoms with Crippen LogP contribution in [0, 0.1) is 35.0 Å². The predicted molar refractivity (Wildman–Crippen MR) is 236 cm³/mol. The quantitative estimate of drug-likeness (QED) is 0.0135. The van der Waals surface area contributed by atoms with Crippen molar-refractivity contribution in [3.05, 3.63) is 89.0 Å². The number of carbonyl (C=O) groups excluding carboxylic acids is 5. The lowest BCUT2D eigenvalue weighted by molar-refractivity contribution is -0.135. The Morgan fingerprint density at radius 3 is 2.09 bits per heavy atom. The number of nitrogens with two attached hydrogens (primary N) is 1. The van der Waals surface area contributed by atoms with Crippen molar-refractivity contribution in [3.8, 4) is 5.75 Å². The Hall–Kier alpha value is -6.90. The van der Waals surface area contributed by atoms with Gasteiger partial charge in [0.05, 0.1) is 29.7 Å². The number of halogens is 5. The molecule has 360 valence electrons.